The second-order valence-electron chi connectivity index (χ2n) is 2.13. The zero-order chi connectivity index (χ0) is 5.40. The van der Waals surface area contributed by atoms with Crippen LogP contribution in [-0.4, -0.2) is 0 Å². The summed E-state index contributed by atoms with van der Waals surface area (Å²) in [6.45, 7) is 0. The van der Waals surface area contributed by atoms with Crippen LogP contribution in [0.1, 0.15) is 12.8 Å². The summed E-state index contributed by atoms with van der Waals surface area (Å²) in [5, 5.41) is 0. The SMILES string of the molecule is Cl.Cl.[C-]1=C(C2=CC2)C=CC1.[Ti]. The number of hydrogen-bond donors (Lipinski definition) is 0. The molecule has 0 saturated heterocycles. The van der Waals surface area contributed by atoms with E-state index in [-0.39, 0.29) is 46.5 Å². The molecule has 0 N–H and O–H groups in total. The van der Waals surface area contributed by atoms with Crippen molar-refractivity contribution < 1.29 is 21.7 Å². The van der Waals surface area contributed by atoms with E-state index in [9.17, 15) is 0 Å². The first-order valence-electron chi connectivity index (χ1n) is 2.93. The maximum atomic E-state index is 3.26. The Bertz CT molecular complexity index is 204. The van der Waals surface area contributed by atoms with Gasteiger partial charge in [0, 0.05) is 21.7 Å². The Morgan fingerprint density at radius 3 is 2.27 bits per heavy atom. The minimum Gasteiger partial charge on any atom is -0.198 e. The van der Waals surface area contributed by atoms with Gasteiger partial charge in [-0.1, -0.05) is 12.8 Å². The fourth-order valence-corrected chi connectivity index (χ4v) is 0.896. The smallest absolute Gasteiger partial charge is 0 e. The average molecular weight is 224 g/mol. The van der Waals surface area contributed by atoms with Gasteiger partial charge in [-0.3, -0.25) is 0 Å². The quantitative estimate of drug-likeness (QED) is 0.474. The molecule has 11 heavy (non-hydrogen) atoms. The molecule has 0 saturated carbocycles. The van der Waals surface area contributed by atoms with Gasteiger partial charge >= 0.3 is 0 Å². The van der Waals surface area contributed by atoms with E-state index in [0.29, 0.717) is 0 Å². The molecule has 0 aliphatic heterocycles. The summed E-state index contributed by atoms with van der Waals surface area (Å²) >= 11 is 0. The van der Waals surface area contributed by atoms with Crippen molar-refractivity contribution in [1.29, 1.82) is 0 Å². The predicted molar refractivity (Wildman–Crippen MR) is 47.7 cm³/mol. The Balaban J connectivity index is 0. The van der Waals surface area contributed by atoms with Gasteiger partial charge in [-0.05, 0) is 0 Å². The van der Waals surface area contributed by atoms with Crippen LogP contribution in [0, 0.1) is 6.08 Å². The van der Waals surface area contributed by atoms with Crippen LogP contribution in [0.2, 0.25) is 0 Å². The van der Waals surface area contributed by atoms with E-state index >= 15 is 0 Å². The normalized spacial score (nSPS) is 16.7. The van der Waals surface area contributed by atoms with Gasteiger partial charge < -0.3 is 0 Å². The van der Waals surface area contributed by atoms with E-state index in [1.54, 1.807) is 0 Å². The van der Waals surface area contributed by atoms with Crippen LogP contribution in [0.5, 0.6) is 0 Å². The molecule has 0 unspecified atom stereocenters. The third-order valence-electron chi connectivity index (χ3n) is 1.45. The average Bonchev–Trinajstić information content (AvgIpc) is 2.49. The van der Waals surface area contributed by atoms with Crippen molar-refractivity contribution in [3.05, 3.63) is 35.5 Å². The molecular formula is C8H9Cl2Ti-. The zero-order valence-electron chi connectivity index (χ0n) is 5.96. The maximum Gasteiger partial charge on any atom is 0 e. The Kier molecular flexibility index (Phi) is 7.77. The molecule has 2 aliphatic carbocycles. The van der Waals surface area contributed by atoms with Crippen molar-refractivity contribution in [3.8, 4) is 0 Å². The van der Waals surface area contributed by atoms with Crippen LogP contribution in [0.25, 0.3) is 0 Å². The topological polar surface area (TPSA) is 0 Å². The monoisotopic (exact) mass is 223 g/mol. The van der Waals surface area contributed by atoms with Gasteiger partial charge in [0.05, 0.1) is 0 Å². The summed E-state index contributed by atoms with van der Waals surface area (Å²) in [5.74, 6) is 0. The van der Waals surface area contributed by atoms with E-state index in [1.807, 2.05) is 0 Å². The molecule has 0 amide bonds. The molecule has 0 spiro atoms. The molecule has 2 rings (SSSR count). The number of allylic oxidation sites excluding steroid dienone is 6. The summed E-state index contributed by atoms with van der Waals surface area (Å²) < 4.78 is 0. The maximum absolute atomic E-state index is 3.26. The first-order valence-corrected chi connectivity index (χ1v) is 2.93. The van der Waals surface area contributed by atoms with Crippen LogP contribution in [0.4, 0.5) is 0 Å². The van der Waals surface area contributed by atoms with Crippen molar-refractivity contribution in [2.45, 2.75) is 12.8 Å². The first kappa shape index (κ1) is 14.1. The second-order valence-corrected chi connectivity index (χ2v) is 2.13. The number of halogens is 2. The Morgan fingerprint density at radius 1 is 1.27 bits per heavy atom. The first-order chi connectivity index (χ1) is 3.97. The van der Waals surface area contributed by atoms with Gasteiger partial charge in [-0.25, -0.2) is 0 Å². The third-order valence-corrected chi connectivity index (χ3v) is 1.45. The largest absolute Gasteiger partial charge is 0.198 e. The Labute approximate surface area is 94.5 Å². The molecule has 3 heteroatoms. The van der Waals surface area contributed by atoms with Crippen molar-refractivity contribution in [1.82, 2.24) is 0 Å². The molecule has 0 nitrogen and oxygen atoms in total. The van der Waals surface area contributed by atoms with E-state index in [0.717, 1.165) is 6.42 Å². The molecule has 0 aromatic rings. The second kappa shape index (κ2) is 6.08. The molecule has 0 radical (unpaired) electrons. The van der Waals surface area contributed by atoms with Crippen molar-refractivity contribution in [2.75, 3.05) is 0 Å². The third kappa shape index (κ3) is 3.62. The van der Waals surface area contributed by atoms with Gasteiger partial charge in [-0.2, -0.15) is 23.3 Å². The molecule has 0 atom stereocenters. The van der Waals surface area contributed by atoms with Crippen molar-refractivity contribution in [3.63, 3.8) is 0 Å². The Morgan fingerprint density at radius 2 is 1.91 bits per heavy atom. The van der Waals surface area contributed by atoms with Crippen LogP contribution in [-0.2, 0) is 21.7 Å². The van der Waals surface area contributed by atoms with E-state index in [2.05, 4.69) is 24.3 Å². The van der Waals surface area contributed by atoms with Crippen LogP contribution >= 0.6 is 24.8 Å². The molecule has 0 heterocycles. The minimum absolute atomic E-state index is 0. The van der Waals surface area contributed by atoms with Crippen LogP contribution in [0.3, 0.4) is 0 Å². The number of hydrogen-bond acceptors (Lipinski definition) is 0. The minimum atomic E-state index is 0. The van der Waals surface area contributed by atoms with Crippen LogP contribution < -0.4 is 0 Å². The molecule has 0 aromatic carbocycles. The molecule has 60 valence electrons. The van der Waals surface area contributed by atoms with Gasteiger partial charge in [0.2, 0.25) is 0 Å². The van der Waals surface area contributed by atoms with E-state index < -0.39 is 0 Å². The molecule has 0 fully saturated rings. The van der Waals surface area contributed by atoms with Gasteiger partial charge in [-0.15, -0.1) is 37.0 Å². The summed E-state index contributed by atoms with van der Waals surface area (Å²) in [5.41, 5.74) is 2.82. The fourth-order valence-electron chi connectivity index (χ4n) is 0.896. The standard InChI is InChI=1S/C8H7.2ClH.Ti/c1-2-4-7(3-1)8-5-6-8;;;/h1,3,5H,2,6H2;2*1H;/q-1;;;. The molecule has 0 bridgehead atoms. The number of rotatable bonds is 1. The van der Waals surface area contributed by atoms with Gasteiger partial charge in [0.1, 0.15) is 0 Å². The van der Waals surface area contributed by atoms with Gasteiger partial charge in [0.25, 0.3) is 0 Å². The van der Waals surface area contributed by atoms with Crippen LogP contribution in [0.15, 0.2) is 29.4 Å². The Hall–Kier alpha value is 0.514. The van der Waals surface area contributed by atoms with E-state index in [1.165, 1.54) is 17.6 Å². The van der Waals surface area contributed by atoms with Gasteiger partial charge in [0.15, 0.2) is 0 Å². The molecule has 0 aromatic heterocycles. The fraction of sp³-hybridized carbons (Fsp3) is 0.250. The summed E-state index contributed by atoms with van der Waals surface area (Å²) in [6.07, 6.45) is 12.0. The summed E-state index contributed by atoms with van der Waals surface area (Å²) in [6, 6.07) is 0. The van der Waals surface area contributed by atoms with E-state index in [4.69, 9.17) is 0 Å². The summed E-state index contributed by atoms with van der Waals surface area (Å²) in [7, 11) is 0. The molecule has 2 aliphatic rings. The summed E-state index contributed by atoms with van der Waals surface area (Å²) in [4.78, 5) is 0. The zero-order valence-corrected chi connectivity index (χ0v) is 9.16. The van der Waals surface area contributed by atoms with Crippen molar-refractivity contribution >= 4 is 24.8 Å². The molecular weight excluding hydrogens is 215 g/mol. The predicted octanol–water partition coefficient (Wildman–Crippen LogP) is 2.85. The van der Waals surface area contributed by atoms with Crippen molar-refractivity contribution in [2.24, 2.45) is 0 Å².